The summed E-state index contributed by atoms with van der Waals surface area (Å²) < 4.78 is 11.2. The Kier molecular flexibility index (Phi) is 26.4. The number of Topliss-reactive ketones (excluding diaryl/α,β-unsaturated/α-hetero) is 1. The van der Waals surface area contributed by atoms with Crippen molar-refractivity contribution in [3.05, 3.63) is 189 Å². The van der Waals surface area contributed by atoms with E-state index in [1.807, 2.05) is 118 Å². The van der Waals surface area contributed by atoms with Crippen LogP contribution in [0.25, 0.3) is 11.3 Å². The number of thiocarbonyl (C=S) groups is 1. The Morgan fingerprint density at radius 2 is 1.06 bits per heavy atom. The molecule has 416 valence electrons. The number of ketones is 1. The highest BCUT2D eigenvalue weighted by molar-refractivity contribution is 9.09. The Bertz CT molecular complexity index is 3120. The van der Waals surface area contributed by atoms with Gasteiger partial charge in [0.25, 0.3) is 11.8 Å². The van der Waals surface area contributed by atoms with Crippen LogP contribution in [0.3, 0.4) is 0 Å². The Morgan fingerprint density at radius 1 is 0.633 bits per heavy atom. The molecular weight excluding hydrogens is 1150 g/mol. The van der Waals surface area contributed by atoms with Gasteiger partial charge in [0, 0.05) is 65.9 Å². The first kappa shape index (κ1) is 64.2. The molecule has 0 saturated carbocycles. The average molecular weight is 1210 g/mol. The molecule has 0 spiro atoms. The van der Waals surface area contributed by atoms with E-state index in [1.165, 1.54) is 24.5 Å². The van der Waals surface area contributed by atoms with Gasteiger partial charge in [-0.15, -0.1) is 11.3 Å². The molecule has 79 heavy (non-hydrogen) atoms. The molecule has 2 atom stereocenters. The quantitative estimate of drug-likeness (QED) is 0.0216. The van der Waals surface area contributed by atoms with Crippen LogP contribution in [0.4, 0.5) is 16.5 Å². The van der Waals surface area contributed by atoms with Crippen LogP contribution in [-0.4, -0.2) is 83.2 Å². The third-order valence-corrected chi connectivity index (χ3v) is 12.9. The Morgan fingerprint density at radius 3 is 1.47 bits per heavy atom. The van der Waals surface area contributed by atoms with Gasteiger partial charge in [-0.2, -0.15) is 0 Å². The SMILES string of the molecule is C.CNC(=O)C(Cc1ccc(-c2csc(Nc3ccccc3)n2)cc1)NC(=O)c1ccc(OC(C)C)c(Cl)c1.CNC(=O)C(Cc1ccc(C(=O)CBr)cc1)NC(=O)c1ccc(OC(C)C)c(Cl)c1.NC(=S)Nc1ccccc1. The molecule has 0 fully saturated rings. The van der Waals surface area contributed by atoms with E-state index in [4.69, 9.17) is 38.4 Å². The van der Waals surface area contributed by atoms with Crippen LogP contribution < -0.4 is 47.1 Å². The summed E-state index contributed by atoms with van der Waals surface area (Å²) in [5, 5.41) is 20.9. The Labute approximate surface area is 489 Å². The highest BCUT2D eigenvalue weighted by Gasteiger charge is 2.24. The minimum atomic E-state index is -0.786. The number of carbonyl (C=O) groups is 5. The molecule has 0 saturated heterocycles. The number of benzene rings is 6. The summed E-state index contributed by atoms with van der Waals surface area (Å²) >= 11 is 21.8. The van der Waals surface area contributed by atoms with Gasteiger partial charge in [-0.3, -0.25) is 24.0 Å². The first-order valence-corrected chi connectivity index (χ1v) is 27.7. The summed E-state index contributed by atoms with van der Waals surface area (Å²) in [7, 11) is 3.05. The van der Waals surface area contributed by atoms with E-state index < -0.39 is 23.9 Å². The van der Waals surface area contributed by atoms with Crippen molar-refractivity contribution >= 4 is 114 Å². The zero-order valence-corrected chi connectivity index (χ0v) is 48.4. The number of carbonyl (C=O) groups excluding carboxylic acids is 5. The predicted molar refractivity (Wildman–Crippen MR) is 328 cm³/mol. The smallest absolute Gasteiger partial charge is 0.251 e. The van der Waals surface area contributed by atoms with Gasteiger partial charge in [-0.1, -0.05) is 131 Å². The lowest BCUT2D eigenvalue weighted by molar-refractivity contribution is -0.123. The number of anilines is 3. The van der Waals surface area contributed by atoms with Gasteiger partial charge in [0.1, 0.15) is 23.6 Å². The van der Waals surface area contributed by atoms with Crippen LogP contribution in [-0.2, 0) is 22.4 Å². The summed E-state index contributed by atoms with van der Waals surface area (Å²) in [5.41, 5.74) is 11.9. The second-order valence-electron chi connectivity index (χ2n) is 17.6. The zero-order valence-electron chi connectivity index (χ0n) is 43.7. The van der Waals surface area contributed by atoms with Gasteiger partial charge in [-0.05, 0) is 112 Å². The number of ether oxygens (including phenoxy) is 2. The molecule has 6 aromatic carbocycles. The van der Waals surface area contributed by atoms with Gasteiger partial charge in [0.05, 0.1) is 33.3 Å². The second kappa shape index (κ2) is 32.5. The van der Waals surface area contributed by atoms with Gasteiger partial charge in [0.2, 0.25) is 11.8 Å². The number of halogens is 3. The Balaban J connectivity index is 0.000000292. The number of nitrogens with two attached hydrogens (primary N) is 1. The summed E-state index contributed by atoms with van der Waals surface area (Å²) in [4.78, 5) is 66.9. The molecule has 1 heterocycles. The van der Waals surface area contributed by atoms with Gasteiger partial charge >= 0.3 is 0 Å². The second-order valence-corrected chi connectivity index (χ2v) is 20.3. The van der Waals surface area contributed by atoms with Crippen LogP contribution >= 0.6 is 62.7 Å². The molecule has 0 aliphatic heterocycles. The fourth-order valence-corrected chi connectivity index (χ4v) is 8.82. The first-order valence-electron chi connectivity index (χ1n) is 24.5. The van der Waals surface area contributed by atoms with E-state index in [9.17, 15) is 24.0 Å². The molecule has 8 N–H and O–H groups in total. The number of likely N-dealkylation sites (N-methyl/N-ethyl adjacent to an activating group) is 2. The maximum atomic E-state index is 12.9. The number of nitrogens with one attached hydrogen (secondary N) is 6. The molecule has 1 aromatic heterocycles. The van der Waals surface area contributed by atoms with Crippen molar-refractivity contribution in [2.75, 3.05) is 30.1 Å². The molecule has 2 unspecified atom stereocenters. The number of nitrogens with zero attached hydrogens (tertiary/aromatic N) is 1. The van der Waals surface area contributed by atoms with E-state index in [0.717, 1.165) is 38.9 Å². The van der Waals surface area contributed by atoms with E-state index in [1.54, 1.807) is 61.6 Å². The molecule has 0 radical (unpaired) electrons. The minimum Gasteiger partial charge on any atom is -0.489 e. The van der Waals surface area contributed by atoms with Crippen molar-refractivity contribution in [1.29, 1.82) is 0 Å². The molecular formula is C59H65BrCl2N8O7S2. The molecule has 15 nitrogen and oxygen atoms in total. The molecule has 0 bridgehead atoms. The fourth-order valence-electron chi connectivity index (χ4n) is 7.19. The summed E-state index contributed by atoms with van der Waals surface area (Å²) in [6.07, 6.45) is 0.512. The molecule has 7 rings (SSSR count). The van der Waals surface area contributed by atoms with Crippen LogP contribution in [0.15, 0.2) is 151 Å². The predicted octanol–water partition coefficient (Wildman–Crippen LogP) is 11.9. The zero-order chi connectivity index (χ0) is 56.7. The normalized spacial score (nSPS) is 11.1. The van der Waals surface area contributed by atoms with E-state index in [-0.39, 0.29) is 49.0 Å². The fraction of sp³-hybridized carbons (Fsp3) is 0.237. The van der Waals surface area contributed by atoms with Crippen molar-refractivity contribution in [1.82, 2.24) is 26.3 Å². The number of aromatic nitrogens is 1. The molecule has 0 aliphatic rings. The number of alkyl halides is 1. The van der Waals surface area contributed by atoms with Crippen LogP contribution in [0.5, 0.6) is 11.5 Å². The lowest BCUT2D eigenvalue weighted by Gasteiger charge is -2.18. The van der Waals surface area contributed by atoms with Crippen molar-refractivity contribution in [3.8, 4) is 22.8 Å². The third-order valence-electron chi connectivity index (χ3n) is 10.9. The van der Waals surface area contributed by atoms with Gasteiger partial charge < -0.3 is 47.1 Å². The van der Waals surface area contributed by atoms with Crippen LogP contribution in [0.1, 0.15) is 77.3 Å². The number of para-hydroxylation sites is 2. The highest BCUT2D eigenvalue weighted by Crippen LogP contribution is 2.30. The summed E-state index contributed by atoms with van der Waals surface area (Å²) in [6.45, 7) is 7.56. The van der Waals surface area contributed by atoms with Crippen molar-refractivity contribution in [2.24, 2.45) is 5.73 Å². The highest BCUT2D eigenvalue weighted by atomic mass is 79.9. The van der Waals surface area contributed by atoms with Crippen LogP contribution in [0.2, 0.25) is 10.0 Å². The van der Waals surface area contributed by atoms with E-state index >= 15 is 0 Å². The van der Waals surface area contributed by atoms with E-state index in [0.29, 0.717) is 49.8 Å². The largest absolute Gasteiger partial charge is 0.489 e. The molecule has 7 aromatic rings. The van der Waals surface area contributed by atoms with Crippen LogP contribution in [0, 0.1) is 0 Å². The minimum absolute atomic E-state index is 0. The lowest BCUT2D eigenvalue weighted by atomic mass is 10.0. The summed E-state index contributed by atoms with van der Waals surface area (Å²) in [5.74, 6) is -0.464. The lowest BCUT2D eigenvalue weighted by Crippen LogP contribution is -2.47. The van der Waals surface area contributed by atoms with Crippen molar-refractivity contribution in [2.45, 2.75) is 72.3 Å². The number of hydrogen-bond donors (Lipinski definition) is 7. The van der Waals surface area contributed by atoms with Gasteiger partial charge in [-0.25, -0.2) is 4.98 Å². The standard InChI is InChI=1S/C29H29ClN4O3S.C22H24BrClN2O4.C7H8N2S.CH4/c1-18(2)37-26-14-13-21(16-23(26)30)27(35)33-24(28(36)31-3)15-19-9-11-20(12-10-19)25-17-38-29(34-25)32-22-7-5-4-6-8-22;1-13(2)30-20-9-8-16(11-17(20)24)21(28)26-18(22(29)25-3)10-14-4-6-15(7-5-14)19(27)12-23;8-7(10)9-6-4-2-1-3-5-6;/h4-14,16-18,24H,15H2,1-3H3,(H,31,36)(H,32,34)(H,33,35);4-9,11,13,18H,10,12H2,1-3H3,(H,25,29)(H,26,28);1-5H,(H3,8,9,10);1H4. The molecule has 0 aliphatic carbocycles. The van der Waals surface area contributed by atoms with Crippen molar-refractivity contribution in [3.63, 3.8) is 0 Å². The number of amides is 4. The average Bonchev–Trinajstić information content (AvgIpc) is 3.90. The monoisotopic (exact) mass is 1210 g/mol. The number of rotatable bonds is 20. The topological polar surface area (TPSA) is 215 Å². The summed E-state index contributed by atoms with van der Waals surface area (Å²) in [6, 6.07) is 42.2. The molecule has 20 heteroatoms. The van der Waals surface area contributed by atoms with E-state index in [2.05, 4.69) is 65.0 Å². The molecule has 4 amide bonds. The first-order chi connectivity index (χ1) is 37.3. The van der Waals surface area contributed by atoms with Crippen molar-refractivity contribution < 1.29 is 33.4 Å². The van der Waals surface area contributed by atoms with Gasteiger partial charge in [0.15, 0.2) is 16.0 Å². The maximum absolute atomic E-state index is 12.9. The number of thiazole rings is 1. The Hall–Kier alpha value is -7.35. The number of hydrogen-bond acceptors (Lipinski definition) is 11. The third kappa shape index (κ3) is 21.1. The maximum Gasteiger partial charge on any atom is 0.251 e.